The Balaban J connectivity index is 0.000000130. The number of ether oxygens (including phenoxy) is 5. The van der Waals surface area contributed by atoms with Crippen molar-refractivity contribution < 1.29 is 67.6 Å². The molecule has 0 radical (unpaired) electrons. The molecule has 0 saturated carbocycles. The van der Waals surface area contributed by atoms with Gasteiger partial charge in [0.05, 0.1) is 96.9 Å². The van der Waals surface area contributed by atoms with E-state index >= 15 is 0 Å². The molecular weight excluding hydrogens is 1650 g/mol. The zero-order valence-corrected chi connectivity index (χ0v) is 69.3. The number of aromatic nitrogens is 14. The third-order valence-electron chi connectivity index (χ3n) is 22.1. The number of nitrogens with zero attached hydrogens (tertiary/aromatic N) is 20. The van der Waals surface area contributed by atoms with E-state index in [1.54, 1.807) is 37.4 Å². The Kier molecular flexibility index (Phi) is 27.9. The molecule has 12 heterocycles. The lowest BCUT2D eigenvalue weighted by molar-refractivity contribution is -0.137. The van der Waals surface area contributed by atoms with Crippen LogP contribution in [0.25, 0.3) is 34.1 Å². The fourth-order valence-corrected chi connectivity index (χ4v) is 15.6. The van der Waals surface area contributed by atoms with Crippen LogP contribution < -0.4 is 41.1 Å². The minimum atomic E-state index is -4.41. The molecule has 18 rings (SSSR count). The Morgan fingerprint density at radius 3 is 1.63 bits per heavy atom. The van der Waals surface area contributed by atoms with Crippen molar-refractivity contribution in [2.75, 3.05) is 155 Å². The maximum absolute atomic E-state index is 14.8. The number of piperidine rings is 2. The third-order valence-corrected chi connectivity index (χ3v) is 22.1. The van der Waals surface area contributed by atoms with Gasteiger partial charge in [0.2, 0.25) is 17.8 Å². The quantitative estimate of drug-likeness (QED) is 0.0486. The Bertz CT molecular complexity index is 5690. The summed E-state index contributed by atoms with van der Waals surface area (Å²) in [4.78, 5) is 37.7. The van der Waals surface area contributed by atoms with Crippen LogP contribution in [0.15, 0.2) is 153 Å². The Hall–Kier alpha value is -12.9. The molecular formula is C87H92F10N24O5. The number of nitrogen functional groups attached to an aromatic ring is 1. The second kappa shape index (κ2) is 40.0. The number of anilines is 10. The van der Waals surface area contributed by atoms with Gasteiger partial charge in [0.25, 0.3) is 0 Å². The van der Waals surface area contributed by atoms with Crippen LogP contribution in [-0.2, 0) is 25.1 Å². The highest BCUT2D eigenvalue weighted by Crippen LogP contribution is 2.37. The standard InChI is InChI=1S/C25H29F3N6O.C22H26F2N6O.C21H20F2N8O.C19H17F3N4O2/c1-18-13-20(16-23(14-18)32-7-5-21(6-8-32)33-9-11-35-12-10-33)30-24-29-17-34(31-24)22-4-2-3-19(15-22)25(26,27)28;1-14-9-19(29-6-3-15(4-7-29)5-8-31-2)27-21(25)20(14)22-26-13-30(28-22)18-11-16(23)10-17(24)12-18;22-15-7-16(23)9-17(8-15)31-13-25-21(28-31)27-19-5-14(10-24)6-20(26-19)30-3-1-29(2-4-30)18-11-32-12-18;1-11-4-16(18(22)17(5-11)28-15-2-3-27-9-15)24-19-23-10-26(25-19)14-7-12(20)6-13(21)8-14/h2-4,13-17,21H,5-12H2,1H3,(H,30,31);9-13,15H,3-8H2,1-2H3,(H2,25,27);5-9,13,18H,1-4,11-12H2,(H,26,27,28);4-8,10,15H,2-3,9H2,1H3,(H,24,25). The van der Waals surface area contributed by atoms with Crippen LogP contribution in [0.1, 0.15) is 66.3 Å². The molecule has 6 saturated heterocycles. The smallest absolute Gasteiger partial charge is 0.416 e. The van der Waals surface area contributed by atoms with E-state index in [2.05, 4.69) is 109 Å². The summed E-state index contributed by atoms with van der Waals surface area (Å²) in [7, 11) is 1.74. The first-order valence-electron chi connectivity index (χ1n) is 41.1. The number of hydrogen-bond donors (Lipinski definition) is 4. The molecule has 126 heavy (non-hydrogen) atoms. The highest BCUT2D eigenvalue weighted by Gasteiger charge is 2.33. The Morgan fingerprint density at radius 1 is 0.500 bits per heavy atom. The van der Waals surface area contributed by atoms with Crippen molar-refractivity contribution in [3.05, 3.63) is 221 Å². The highest BCUT2D eigenvalue weighted by molar-refractivity contribution is 5.74. The number of nitrogens with one attached hydrogen (secondary N) is 3. The van der Waals surface area contributed by atoms with Crippen LogP contribution in [0.5, 0.6) is 5.75 Å². The molecule has 6 aromatic carbocycles. The third kappa shape index (κ3) is 22.6. The summed E-state index contributed by atoms with van der Waals surface area (Å²) in [5.41, 5.74) is 12.5. The van der Waals surface area contributed by atoms with Gasteiger partial charge >= 0.3 is 6.18 Å². The van der Waals surface area contributed by atoms with Gasteiger partial charge in [-0.05, 0) is 179 Å². The number of nitrogens with two attached hydrogens (primary N) is 1. The van der Waals surface area contributed by atoms with E-state index < -0.39 is 52.5 Å². The van der Waals surface area contributed by atoms with Crippen LogP contribution in [0.3, 0.4) is 0 Å². The number of alkyl halides is 3. The molecule has 6 fully saturated rings. The molecule has 29 nitrogen and oxygen atoms in total. The summed E-state index contributed by atoms with van der Waals surface area (Å²) in [5.74, 6) is -0.792. The van der Waals surface area contributed by atoms with Gasteiger partial charge in [-0.1, -0.05) is 6.07 Å². The molecule has 5 N–H and O–H groups in total. The monoisotopic (exact) mass is 1740 g/mol. The zero-order valence-electron chi connectivity index (χ0n) is 69.3. The van der Waals surface area contributed by atoms with Crippen molar-refractivity contribution in [3.8, 4) is 46.0 Å². The fourth-order valence-electron chi connectivity index (χ4n) is 15.6. The summed E-state index contributed by atoms with van der Waals surface area (Å²) < 4.78 is 167. The van der Waals surface area contributed by atoms with E-state index in [0.717, 1.165) is 219 Å². The lowest BCUT2D eigenvalue weighted by Crippen LogP contribution is -2.56. The van der Waals surface area contributed by atoms with Gasteiger partial charge < -0.3 is 60.1 Å². The summed E-state index contributed by atoms with van der Waals surface area (Å²) in [6.07, 6.45) is 7.06. The van der Waals surface area contributed by atoms with Crippen molar-refractivity contribution in [1.29, 1.82) is 5.26 Å². The second-order valence-corrected chi connectivity index (χ2v) is 31.2. The molecule has 1 unspecified atom stereocenters. The SMILES string of the molecule is COCCC1CCN(c2cc(C)c(-c3ncn(-c4cc(F)cc(F)c4)n3)c(N)n2)CC1.Cc1cc(Nc2ncn(-c3cc(F)cc(F)c3)n2)c(F)c(OC2CCOC2)c1.Cc1cc(Nc2ncn(-c3cccc(C(F)(F)F)c3)n2)cc(N2CCC(N3CCOCC3)CC2)c1.N#Cc1cc(Nc2ncn(-c3cc(F)cc(F)c3)n2)nc(N2CCN(C3COC3)CC2)c1. The zero-order chi connectivity index (χ0) is 88.1. The minimum absolute atomic E-state index is 0.0734. The average Bonchev–Trinajstić information content (AvgIpc) is 1.58. The first kappa shape index (κ1) is 88.0. The van der Waals surface area contributed by atoms with E-state index in [1.807, 2.05) is 32.9 Å². The predicted octanol–water partition coefficient (Wildman–Crippen LogP) is 14.4. The molecule has 660 valence electrons. The van der Waals surface area contributed by atoms with E-state index in [9.17, 15) is 49.2 Å². The van der Waals surface area contributed by atoms with Crippen LogP contribution in [-0.4, -0.2) is 216 Å². The number of nitriles is 1. The lowest BCUT2D eigenvalue weighted by Gasteiger charge is -2.42. The number of morpholine rings is 1. The van der Waals surface area contributed by atoms with Crippen molar-refractivity contribution in [1.82, 2.24) is 78.8 Å². The van der Waals surface area contributed by atoms with Gasteiger partial charge in [-0.25, -0.2) is 64.4 Å². The van der Waals surface area contributed by atoms with Gasteiger partial charge in [-0.2, -0.15) is 33.4 Å². The first-order valence-corrected chi connectivity index (χ1v) is 41.1. The molecule has 39 heteroatoms. The maximum atomic E-state index is 14.8. The normalized spacial score (nSPS) is 16.7. The number of aryl methyl sites for hydroxylation is 3. The summed E-state index contributed by atoms with van der Waals surface area (Å²) in [6, 6.07) is 32.4. The Labute approximate surface area is 718 Å². The van der Waals surface area contributed by atoms with E-state index in [-0.39, 0.29) is 46.5 Å². The molecule has 12 aromatic rings. The summed E-state index contributed by atoms with van der Waals surface area (Å²) >= 11 is 0. The molecule has 0 spiro atoms. The molecule has 0 aliphatic carbocycles. The van der Waals surface area contributed by atoms with E-state index in [4.69, 9.17) is 29.4 Å². The largest absolute Gasteiger partial charge is 0.485 e. The molecule has 0 amide bonds. The molecule has 1 atom stereocenters. The highest BCUT2D eigenvalue weighted by atomic mass is 19.4. The lowest BCUT2D eigenvalue weighted by atomic mass is 9.94. The second-order valence-electron chi connectivity index (χ2n) is 31.2. The minimum Gasteiger partial charge on any atom is -0.485 e. The van der Waals surface area contributed by atoms with Crippen LogP contribution >= 0.6 is 0 Å². The van der Waals surface area contributed by atoms with Gasteiger partial charge in [0.15, 0.2) is 17.4 Å². The van der Waals surface area contributed by atoms with E-state index in [0.29, 0.717) is 83.7 Å². The first-order chi connectivity index (χ1) is 60.8. The number of rotatable bonds is 21. The number of halogens is 10. The van der Waals surface area contributed by atoms with Crippen LogP contribution in [0.2, 0.25) is 0 Å². The number of benzene rings is 6. The number of pyridine rings is 2. The predicted molar refractivity (Wildman–Crippen MR) is 451 cm³/mol. The number of hydrogen-bond acceptors (Lipinski definition) is 25. The van der Waals surface area contributed by atoms with Crippen LogP contribution in [0, 0.1) is 78.7 Å². The van der Waals surface area contributed by atoms with Gasteiger partial charge in [0, 0.05) is 121 Å². The van der Waals surface area contributed by atoms with E-state index in [1.165, 1.54) is 62.2 Å². The van der Waals surface area contributed by atoms with Crippen molar-refractivity contribution in [2.45, 2.75) is 83.7 Å². The molecule has 6 aliphatic heterocycles. The fraction of sp³-hybridized carbons (Fsp3) is 0.368. The van der Waals surface area contributed by atoms with Crippen molar-refractivity contribution in [2.24, 2.45) is 5.92 Å². The molecule has 0 bridgehead atoms. The molecule has 6 aromatic heterocycles. The summed E-state index contributed by atoms with van der Waals surface area (Å²) in [6.45, 7) is 20.1. The maximum Gasteiger partial charge on any atom is 0.416 e. The number of methoxy groups -OCH3 is 1. The summed E-state index contributed by atoms with van der Waals surface area (Å²) in [5, 5.41) is 35.4. The number of piperazine rings is 1. The van der Waals surface area contributed by atoms with Gasteiger partial charge in [0.1, 0.15) is 89.6 Å². The van der Waals surface area contributed by atoms with Gasteiger partial charge in [-0.15, -0.1) is 20.4 Å². The van der Waals surface area contributed by atoms with Crippen molar-refractivity contribution >= 4 is 58.2 Å². The Morgan fingerprint density at radius 2 is 1.06 bits per heavy atom. The average molecular weight is 1740 g/mol. The van der Waals surface area contributed by atoms with Crippen LogP contribution in [0.4, 0.5) is 102 Å². The topological polar surface area (TPSA) is 297 Å². The van der Waals surface area contributed by atoms with Crippen molar-refractivity contribution in [3.63, 3.8) is 0 Å². The van der Waals surface area contributed by atoms with Gasteiger partial charge in [-0.3, -0.25) is 9.80 Å². The molecule has 6 aliphatic rings.